The Morgan fingerprint density at radius 1 is 1.09 bits per heavy atom. The quantitative estimate of drug-likeness (QED) is 0.802. The van der Waals surface area contributed by atoms with Crippen LogP contribution in [0, 0.1) is 0 Å². The summed E-state index contributed by atoms with van der Waals surface area (Å²) < 4.78 is 0. The molecule has 4 nitrogen and oxygen atoms in total. The predicted octanol–water partition coefficient (Wildman–Crippen LogP) is 3.12. The molecule has 2 atom stereocenters. The first-order valence-corrected chi connectivity index (χ1v) is 8.17. The maximum absolute atomic E-state index is 12.5. The maximum atomic E-state index is 12.5. The topological polar surface area (TPSA) is 49.4 Å². The average Bonchev–Trinajstić information content (AvgIpc) is 2.54. The maximum Gasteiger partial charge on any atom is 0.243 e. The molecule has 0 radical (unpaired) electrons. The zero-order chi connectivity index (χ0) is 16.5. The third-order valence-corrected chi connectivity index (χ3v) is 3.89. The molecule has 0 spiro atoms. The second-order valence-electron chi connectivity index (χ2n) is 5.60. The van der Waals surface area contributed by atoms with Crippen molar-refractivity contribution in [2.24, 2.45) is 0 Å². The summed E-state index contributed by atoms with van der Waals surface area (Å²) in [5.74, 6) is -0.0513. The van der Waals surface area contributed by atoms with E-state index >= 15 is 0 Å². The Kier molecular flexibility index (Phi) is 7.64. The minimum atomic E-state index is -0.415. The first kappa shape index (κ1) is 18.2. The van der Waals surface area contributed by atoms with Gasteiger partial charge in [-0.25, -0.2) is 0 Å². The van der Waals surface area contributed by atoms with E-state index in [0.717, 1.165) is 12.0 Å². The number of amides is 2. The van der Waals surface area contributed by atoms with Crippen molar-refractivity contribution in [1.29, 1.82) is 0 Å². The van der Waals surface area contributed by atoms with Gasteiger partial charge in [-0.15, -0.1) is 0 Å². The number of nitrogens with zero attached hydrogens (tertiary/aromatic N) is 1. The number of rotatable bonds is 8. The van der Waals surface area contributed by atoms with Gasteiger partial charge in [0.2, 0.25) is 11.8 Å². The van der Waals surface area contributed by atoms with Crippen molar-refractivity contribution in [1.82, 2.24) is 10.2 Å². The summed E-state index contributed by atoms with van der Waals surface area (Å²) in [5, 5.41) is 2.99. The van der Waals surface area contributed by atoms with Crippen LogP contribution >= 0.6 is 0 Å². The lowest BCUT2D eigenvalue weighted by Crippen LogP contribution is -2.50. The van der Waals surface area contributed by atoms with Crippen molar-refractivity contribution in [2.45, 2.75) is 65.6 Å². The lowest BCUT2D eigenvalue weighted by molar-refractivity contribution is -0.141. The molecule has 0 unspecified atom stereocenters. The van der Waals surface area contributed by atoms with E-state index in [4.69, 9.17) is 0 Å². The Bertz CT molecular complexity index is 473. The van der Waals surface area contributed by atoms with E-state index in [1.54, 1.807) is 4.90 Å². The van der Waals surface area contributed by atoms with Gasteiger partial charge in [0.15, 0.2) is 0 Å². The summed E-state index contributed by atoms with van der Waals surface area (Å²) in [6, 6.07) is 9.51. The third kappa shape index (κ3) is 5.17. The molecule has 1 aromatic rings. The van der Waals surface area contributed by atoms with Crippen molar-refractivity contribution in [2.75, 3.05) is 0 Å². The summed E-state index contributed by atoms with van der Waals surface area (Å²) in [5.41, 5.74) is 1.04. The van der Waals surface area contributed by atoms with E-state index < -0.39 is 6.04 Å². The van der Waals surface area contributed by atoms with Crippen LogP contribution in [-0.4, -0.2) is 28.8 Å². The van der Waals surface area contributed by atoms with Gasteiger partial charge in [-0.2, -0.15) is 0 Å². The zero-order valence-corrected chi connectivity index (χ0v) is 14.1. The Hall–Kier alpha value is -1.84. The zero-order valence-electron chi connectivity index (χ0n) is 14.1. The SMILES string of the molecule is CCC(=O)N(Cc1ccccc1)[C@@H](CC)C(=O)N[C@H](C)CC. The Morgan fingerprint density at radius 2 is 1.73 bits per heavy atom. The van der Waals surface area contributed by atoms with E-state index in [1.165, 1.54) is 0 Å². The largest absolute Gasteiger partial charge is 0.352 e. The first-order valence-electron chi connectivity index (χ1n) is 8.17. The molecule has 1 N–H and O–H groups in total. The van der Waals surface area contributed by atoms with Crippen LogP contribution in [0.3, 0.4) is 0 Å². The van der Waals surface area contributed by atoms with Crippen molar-refractivity contribution in [3.05, 3.63) is 35.9 Å². The van der Waals surface area contributed by atoms with Crippen LogP contribution in [0.1, 0.15) is 52.5 Å². The molecule has 0 bridgehead atoms. The van der Waals surface area contributed by atoms with E-state index in [0.29, 0.717) is 19.4 Å². The van der Waals surface area contributed by atoms with Gasteiger partial charge in [0.05, 0.1) is 0 Å². The molecule has 0 saturated carbocycles. The van der Waals surface area contributed by atoms with E-state index in [-0.39, 0.29) is 17.9 Å². The highest BCUT2D eigenvalue weighted by molar-refractivity contribution is 5.87. The number of hydrogen-bond donors (Lipinski definition) is 1. The summed E-state index contributed by atoms with van der Waals surface area (Å²) in [6.07, 6.45) is 1.89. The van der Waals surface area contributed by atoms with Crippen LogP contribution in [0.15, 0.2) is 30.3 Å². The van der Waals surface area contributed by atoms with Gasteiger partial charge in [-0.3, -0.25) is 9.59 Å². The molecule has 0 heterocycles. The molecule has 22 heavy (non-hydrogen) atoms. The smallest absolute Gasteiger partial charge is 0.243 e. The number of hydrogen-bond acceptors (Lipinski definition) is 2. The number of benzene rings is 1. The summed E-state index contributed by atoms with van der Waals surface area (Å²) in [7, 11) is 0. The Labute approximate surface area is 133 Å². The molecule has 0 aliphatic heterocycles. The van der Waals surface area contributed by atoms with Gasteiger partial charge in [0.25, 0.3) is 0 Å². The van der Waals surface area contributed by atoms with Gasteiger partial charge < -0.3 is 10.2 Å². The van der Waals surface area contributed by atoms with Gasteiger partial charge in [0.1, 0.15) is 6.04 Å². The summed E-state index contributed by atoms with van der Waals surface area (Å²) in [4.78, 5) is 26.5. The molecule has 4 heteroatoms. The van der Waals surface area contributed by atoms with Crippen LogP contribution in [0.5, 0.6) is 0 Å². The molecule has 1 rings (SSSR count). The monoisotopic (exact) mass is 304 g/mol. The van der Waals surface area contributed by atoms with Crippen molar-refractivity contribution >= 4 is 11.8 Å². The normalized spacial score (nSPS) is 13.3. The first-order chi connectivity index (χ1) is 10.5. The molecular weight excluding hydrogens is 276 g/mol. The number of carbonyl (C=O) groups excluding carboxylic acids is 2. The number of nitrogens with one attached hydrogen (secondary N) is 1. The average molecular weight is 304 g/mol. The van der Waals surface area contributed by atoms with Crippen molar-refractivity contribution in [3.63, 3.8) is 0 Å². The molecule has 122 valence electrons. The van der Waals surface area contributed by atoms with Gasteiger partial charge in [-0.05, 0) is 25.3 Å². The van der Waals surface area contributed by atoms with Crippen molar-refractivity contribution in [3.8, 4) is 0 Å². The highest BCUT2D eigenvalue weighted by atomic mass is 16.2. The van der Waals surface area contributed by atoms with Crippen LogP contribution in [-0.2, 0) is 16.1 Å². The van der Waals surface area contributed by atoms with Gasteiger partial charge >= 0.3 is 0 Å². The molecule has 0 saturated heterocycles. The van der Waals surface area contributed by atoms with Crippen LogP contribution < -0.4 is 5.32 Å². The van der Waals surface area contributed by atoms with Crippen molar-refractivity contribution < 1.29 is 9.59 Å². The molecular formula is C18H28N2O2. The van der Waals surface area contributed by atoms with Crippen LogP contribution in [0.25, 0.3) is 0 Å². The molecule has 2 amide bonds. The fourth-order valence-corrected chi connectivity index (χ4v) is 2.34. The van der Waals surface area contributed by atoms with E-state index in [1.807, 2.05) is 58.0 Å². The fraction of sp³-hybridized carbons (Fsp3) is 0.556. The van der Waals surface area contributed by atoms with Gasteiger partial charge in [0, 0.05) is 19.0 Å². The fourth-order valence-electron chi connectivity index (χ4n) is 2.34. The molecule has 1 aromatic carbocycles. The van der Waals surface area contributed by atoms with E-state index in [9.17, 15) is 9.59 Å². The molecule has 0 fully saturated rings. The summed E-state index contributed by atoms with van der Waals surface area (Å²) in [6.45, 7) is 8.26. The van der Waals surface area contributed by atoms with Crippen LogP contribution in [0.2, 0.25) is 0 Å². The highest BCUT2D eigenvalue weighted by Crippen LogP contribution is 2.13. The number of carbonyl (C=O) groups is 2. The lowest BCUT2D eigenvalue weighted by Gasteiger charge is -2.31. The Balaban J connectivity index is 2.92. The summed E-state index contributed by atoms with van der Waals surface area (Å²) >= 11 is 0. The minimum Gasteiger partial charge on any atom is -0.352 e. The van der Waals surface area contributed by atoms with Crippen LogP contribution in [0.4, 0.5) is 0 Å². The molecule has 0 aliphatic carbocycles. The lowest BCUT2D eigenvalue weighted by atomic mass is 10.1. The van der Waals surface area contributed by atoms with E-state index in [2.05, 4.69) is 5.32 Å². The van der Waals surface area contributed by atoms with Gasteiger partial charge in [-0.1, -0.05) is 51.1 Å². The highest BCUT2D eigenvalue weighted by Gasteiger charge is 2.28. The molecule has 0 aliphatic rings. The Morgan fingerprint density at radius 3 is 2.23 bits per heavy atom. The second kappa shape index (κ2) is 9.23. The molecule has 0 aromatic heterocycles. The standard InChI is InChI=1S/C18H28N2O2/c1-5-14(4)19-18(22)16(6-2)20(17(21)7-3)13-15-11-9-8-10-12-15/h8-12,14,16H,5-7,13H2,1-4H3,(H,19,22)/t14-,16+/m1/s1. The minimum absolute atomic E-state index is 0.00926. The predicted molar refractivity (Wildman–Crippen MR) is 89.3 cm³/mol. The third-order valence-electron chi connectivity index (χ3n) is 3.89. The second-order valence-corrected chi connectivity index (χ2v) is 5.60.